The largest absolute Gasteiger partial charge is 0.356 e. The number of anilines is 1. The van der Waals surface area contributed by atoms with Crippen molar-refractivity contribution in [3.63, 3.8) is 0 Å². The summed E-state index contributed by atoms with van der Waals surface area (Å²) in [5.41, 5.74) is 0. The molecule has 0 radical (unpaired) electrons. The van der Waals surface area contributed by atoms with Crippen molar-refractivity contribution >= 4 is 42.6 Å². The first kappa shape index (κ1) is 17.4. The van der Waals surface area contributed by atoms with E-state index in [1.54, 1.807) is 28.6 Å². The molecule has 2 fully saturated rings. The van der Waals surface area contributed by atoms with Gasteiger partial charge in [0.2, 0.25) is 15.2 Å². The SMILES string of the molecule is O=S(=O)(c1ccc(Br)cc1)N1CCCC(Nc2nc(C3CC3)ns2)C1. The summed E-state index contributed by atoms with van der Waals surface area (Å²) >= 11 is 4.71. The fourth-order valence-corrected chi connectivity index (χ4v) is 5.52. The lowest BCUT2D eigenvalue weighted by atomic mass is 10.1. The minimum Gasteiger partial charge on any atom is -0.356 e. The summed E-state index contributed by atoms with van der Waals surface area (Å²) in [4.78, 5) is 4.88. The summed E-state index contributed by atoms with van der Waals surface area (Å²) in [5.74, 6) is 1.47. The molecular weight excluding hydrogens is 424 g/mol. The van der Waals surface area contributed by atoms with Crippen LogP contribution in [0.3, 0.4) is 0 Å². The fraction of sp³-hybridized carbons (Fsp3) is 0.500. The quantitative estimate of drug-likeness (QED) is 0.767. The summed E-state index contributed by atoms with van der Waals surface area (Å²) in [6.45, 7) is 1.01. The lowest BCUT2D eigenvalue weighted by molar-refractivity contribution is 0.327. The predicted octanol–water partition coefficient (Wildman–Crippen LogP) is 3.44. The van der Waals surface area contributed by atoms with Crippen molar-refractivity contribution in [2.24, 2.45) is 0 Å². The van der Waals surface area contributed by atoms with Crippen LogP contribution in [0, 0.1) is 0 Å². The molecule has 0 spiro atoms. The van der Waals surface area contributed by atoms with Crippen LogP contribution >= 0.6 is 27.5 Å². The Labute approximate surface area is 160 Å². The van der Waals surface area contributed by atoms with Gasteiger partial charge in [-0.3, -0.25) is 0 Å². The third-order valence-corrected chi connectivity index (χ3v) is 7.62. The van der Waals surface area contributed by atoms with Gasteiger partial charge in [0.25, 0.3) is 0 Å². The summed E-state index contributed by atoms with van der Waals surface area (Å²) in [6, 6.07) is 6.87. The normalized spacial score (nSPS) is 22.0. The molecule has 1 saturated carbocycles. The molecule has 9 heteroatoms. The Morgan fingerprint density at radius 3 is 2.68 bits per heavy atom. The molecule has 4 rings (SSSR count). The van der Waals surface area contributed by atoms with Gasteiger partial charge in [-0.15, -0.1) is 0 Å². The lowest BCUT2D eigenvalue weighted by Gasteiger charge is -2.32. The molecule has 6 nitrogen and oxygen atoms in total. The van der Waals surface area contributed by atoms with Crippen LogP contribution in [-0.2, 0) is 10.0 Å². The fourth-order valence-electron chi connectivity index (χ4n) is 3.01. The number of aromatic nitrogens is 2. The van der Waals surface area contributed by atoms with Crippen LogP contribution in [0.15, 0.2) is 33.6 Å². The third-order valence-electron chi connectivity index (χ3n) is 4.55. The topological polar surface area (TPSA) is 75.2 Å². The zero-order valence-corrected chi connectivity index (χ0v) is 16.8. The minimum absolute atomic E-state index is 0.0685. The number of hydrogen-bond donors (Lipinski definition) is 1. The van der Waals surface area contributed by atoms with Crippen LogP contribution in [0.5, 0.6) is 0 Å². The Kier molecular flexibility index (Phi) is 4.83. The van der Waals surface area contributed by atoms with Crippen LogP contribution in [0.4, 0.5) is 5.13 Å². The first-order chi connectivity index (χ1) is 12.0. The number of benzene rings is 1. The second-order valence-corrected chi connectivity index (χ2v) is 10.1. The van der Waals surface area contributed by atoms with Crippen LogP contribution in [0.2, 0.25) is 0 Å². The molecule has 2 aromatic rings. The second-order valence-electron chi connectivity index (χ2n) is 6.53. The highest BCUT2D eigenvalue weighted by Gasteiger charge is 2.31. The molecule has 134 valence electrons. The maximum atomic E-state index is 12.9. The van der Waals surface area contributed by atoms with E-state index in [4.69, 9.17) is 0 Å². The Balaban J connectivity index is 1.45. The van der Waals surface area contributed by atoms with Gasteiger partial charge in [-0.1, -0.05) is 15.9 Å². The van der Waals surface area contributed by atoms with Gasteiger partial charge in [-0.25, -0.2) is 13.4 Å². The van der Waals surface area contributed by atoms with E-state index < -0.39 is 10.0 Å². The zero-order chi connectivity index (χ0) is 17.4. The lowest BCUT2D eigenvalue weighted by Crippen LogP contribution is -2.45. The maximum absolute atomic E-state index is 12.9. The van der Waals surface area contributed by atoms with E-state index >= 15 is 0 Å². The molecule has 1 unspecified atom stereocenters. The number of sulfonamides is 1. The molecule has 0 amide bonds. The van der Waals surface area contributed by atoms with Crippen molar-refractivity contribution < 1.29 is 8.42 Å². The van der Waals surface area contributed by atoms with Crippen LogP contribution in [0.1, 0.15) is 37.4 Å². The van der Waals surface area contributed by atoms with Crippen molar-refractivity contribution in [1.82, 2.24) is 13.7 Å². The highest BCUT2D eigenvalue weighted by Crippen LogP contribution is 2.39. The van der Waals surface area contributed by atoms with E-state index in [0.29, 0.717) is 23.9 Å². The summed E-state index contributed by atoms with van der Waals surface area (Å²) in [6.07, 6.45) is 4.13. The van der Waals surface area contributed by atoms with E-state index in [1.165, 1.54) is 24.4 Å². The summed E-state index contributed by atoms with van der Waals surface area (Å²) in [7, 11) is -3.46. The average molecular weight is 443 g/mol. The van der Waals surface area contributed by atoms with E-state index in [0.717, 1.165) is 28.3 Å². The molecule has 1 aromatic carbocycles. The molecule has 1 aromatic heterocycles. The molecule has 1 atom stereocenters. The molecule has 1 N–H and O–H groups in total. The number of halogens is 1. The number of rotatable bonds is 5. The van der Waals surface area contributed by atoms with Crippen LogP contribution < -0.4 is 5.32 Å². The van der Waals surface area contributed by atoms with E-state index in [2.05, 4.69) is 30.6 Å². The average Bonchev–Trinajstić information content (AvgIpc) is 3.36. The molecule has 1 aliphatic carbocycles. The monoisotopic (exact) mass is 442 g/mol. The van der Waals surface area contributed by atoms with Crippen molar-refractivity contribution in [1.29, 1.82) is 0 Å². The van der Waals surface area contributed by atoms with Crippen molar-refractivity contribution in [3.05, 3.63) is 34.6 Å². The van der Waals surface area contributed by atoms with Gasteiger partial charge in [-0.2, -0.15) is 8.68 Å². The van der Waals surface area contributed by atoms with E-state index in [1.807, 2.05) is 0 Å². The van der Waals surface area contributed by atoms with Gasteiger partial charge in [0.05, 0.1) is 4.90 Å². The van der Waals surface area contributed by atoms with Crippen LogP contribution in [0.25, 0.3) is 0 Å². The van der Waals surface area contributed by atoms with E-state index in [-0.39, 0.29) is 6.04 Å². The first-order valence-corrected chi connectivity index (χ1v) is 11.4. The first-order valence-electron chi connectivity index (χ1n) is 8.38. The third kappa shape index (κ3) is 3.89. The van der Waals surface area contributed by atoms with Gasteiger partial charge >= 0.3 is 0 Å². The Hall–Kier alpha value is -1.03. The molecule has 1 aliphatic heterocycles. The Morgan fingerprint density at radius 2 is 1.96 bits per heavy atom. The molecule has 2 heterocycles. The predicted molar refractivity (Wildman–Crippen MR) is 101 cm³/mol. The Bertz CT molecular complexity index is 849. The number of nitrogens with zero attached hydrogens (tertiary/aromatic N) is 3. The van der Waals surface area contributed by atoms with Gasteiger partial charge in [0.15, 0.2) is 0 Å². The summed E-state index contributed by atoms with van der Waals surface area (Å²) in [5, 5.41) is 4.18. The van der Waals surface area contributed by atoms with Crippen molar-refractivity contribution in [2.45, 2.75) is 42.5 Å². The molecule has 2 aliphatic rings. The molecule has 0 bridgehead atoms. The standard InChI is InChI=1S/C16H19BrN4O2S2/c17-12-5-7-14(8-6-12)25(22,23)21-9-1-2-13(10-21)18-16-19-15(20-24-16)11-3-4-11/h5-8,11,13H,1-4,9-10H2,(H,18,19,20). The van der Waals surface area contributed by atoms with Crippen molar-refractivity contribution in [2.75, 3.05) is 18.4 Å². The minimum atomic E-state index is -3.46. The number of nitrogens with one attached hydrogen (secondary N) is 1. The maximum Gasteiger partial charge on any atom is 0.243 e. The number of piperidine rings is 1. The van der Waals surface area contributed by atoms with Crippen LogP contribution in [-0.4, -0.2) is 41.2 Å². The number of hydrogen-bond acceptors (Lipinski definition) is 6. The van der Waals surface area contributed by atoms with Gasteiger partial charge in [-0.05, 0) is 49.9 Å². The molecule has 25 heavy (non-hydrogen) atoms. The highest BCUT2D eigenvalue weighted by atomic mass is 79.9. The molecular formula is C16H19BrN4O2S2. The van der Waals surface area contributed by atoms with Crippen molar-refractivity contribution in [3.8, 4) is 0 Å². The van der Waals surface area contributed by atoms with E-state index in [9.17, 15) is 8.42 Å². The van der Waals surface area contributed by atoms with Gasteiger partial charge in [0, 0.05) is 41.1 Å². The van der Waals surface area contributed by atoms with Gasteiger partial charge in [0.1, 0.15) is 5.82 Å². The molecule has 1 saturated heterocycles. The zero-order valence-electron chi connectivity index (χ0n) is 13.6. The second kappa shape index (κ2) is 6.94. The summed E-state index contributed by atoms with van der Waals surface area (Å²) < 4.78 is 32.5. The highest BCUT2D eigenvalue weighted by molar-refractivity contribution is 9.10. The Morgan fingerprint density at radius 1 is 1.20 bits per heavy atom. The van der Waals surface area contributed by atoms with Gasteiger partial charge < -0.3 is 5.32 Å². The smallest absolute Gasteiger partial charge is 0.243 e.